The van der Waals surface area contributed by atoms with E-state index in [4.69, 9.17) is 10.2 Å². The lowest BCUT2D eigenvalue weighted by atomic mass is 9.93. The molecule has 0 bridgehead atoms. The molecule has 1 aromatic heterocycles. The van der Waals surface area contributed by atoms with E-state index in [9.17, 15) is 14.4 Å². The number of carbonyl (C=O) groups is 3. The maximum absolute atomic E-state index is 13.3. The van der Waals surface area contributed by atoms with Crippen molar-refractivity contribution in [2.24, 2.45) is 17.6 Å². The van der Waals surface area contributed by atoms with E-state index in [-0.39, 0.29) is 23.6 Å². The Morgan fingerprint density at radius 3 is 2.29 bits per heavy atom. The summed E-state index contributed by atoms with van der Waals surface area (Å²) >= 11 is 0. The first-order valence-corrected chi connectivity index (χ1v) is 14.0. The van der Waals surface area contributed by atoms with E-state index in [2.05, 4.69) is 24.5 Å². The molecule has 0 aliphatic heterocycles. The van der Waals surface area contributed by atoms with E-state index < -0.39 is 12.1 Å². The number of hydrogen-bond donors (Lipinski definition) is 3. The fraction of sp³-hybridized carbons (Fsp3) is 0.567. The zero-order chi connectivity index (χ0) is 28.1. The summed E-state index contributed by atoms with van der Waals surface area (Å²) in [7, 11) is 0. The first-order valence-electron chi connectivity index (χ1n) is 14.0. The Morgan fingerprint density at radius 2 is 1.68 bits per heavy atom. The van der Waals surface area contributed by atoms with Crippen molar-refractivity contribution >= 4 is 17.7 Å². The summed E-state index contributed by atoms with van der Waals surface area (Å²) in [6.07, 6.45) is 5.10. The second kappa shape index (κ2) is 16.0. The largest absolute Gasteiger partial charge is 0.469 e. The molecule has 0 saturated heterocycles. The molecule has 1 heterocycles. The molecule has 38 heavy (non-hydrogen) atoms. The normalized spacial score (nSPS) is 14.3. The third-order valence-electron chi connectivity index (χ3n) is 6.88. The van der Waals surface area contributed by atoms with Gasteiger partial charge in [-0.15, -0.1) is 0 Å². The van der Waals surface area contributed by atoms with Crippen LogP contribution >= 0.6 is 0 Å². The number of carbonyl (C=O) groups excluding carboxylic acids is 3. The molecule has 0 radical (unpaired) electrons. The Balaban J connectivity index is 2.15. The highest BCUT2D eigenvalue weighted by atomic mass is 16.3. The number of furan rings is 1. The Kier molecular flexibility index (Phi) is 13.1. The van der Waals surface area contributed by atoms with Crippen LogP contribution < -0.4 is 16.4 Å². The molecule has 8 nitrogen and oxygen atoms in total. The molecule has 2 rings (SSSR count). The Bertz CT molecular complexity index is 1000. The highest BCUT2D eigenvalue weighted by Crippen LogP contribution is 2.15. The average molecular weight is 527 g/mol. The van der Waals surface area contributed by atoms with Crippen LogP contribution in [0.25, 0.3) is 0 Å². The van der Waals surface area contributed by atoms with Gasteiger partial charge in [0.25, 0.3) is 11.8 Å². The molecule has 0 fully saturated rings. The van der Waals surface area contributed by atoms with Gasteiger partial charge in [-0.1, -0.05) is 47.1 Å². The third-order valence-corrected chi connectivity index (χ3v) is 6.88. The maximum Gasteiger partial charge on any atom is 0.253 e. The monoisotopic (exact) mass is 526 g/mol. The van der Waals surface area contributed by atoms with Gasteiger partial charge >= 0.3 is 0 Å². The van der Waals surface area contributed by atoms with Crippen LogP contribution in [0.5, 0.6) is 0 Å². The number of nitrogens with two attached hydrogens (primary N) is 1. The van der Waals surface area contributed by atoms with Crippen LogP contribution in [0, 0.1) is 11.8 Å². The minimum absolute atomic E-state index is 0.0428. The minimum Gasteiger partial charge on any atom is -0.469 e. The Labute approximate surface area is 227 Å². The molecule has 0 spiro atoms. The van der Waals surface area contributed by atoms with Crippen LogP contribution in [-0.4, -0.2) is 54.3 Å². The van der Waals surface area contributed by atoms with E-state index >= 15 is 0 Å². The van der Waals surface area contributed by atoms with Crippen molar-refractivity contribution in [3.05, 3.63) is 59.5 Å². The van der Waals surface area contributed by atoms with Crippen LogP contribution in [0.4, 0.5) is 0 Å². The lowest BCUT2D eigenvalue weighted by molar-refractivity contribution is -0.125. The van der Waals surface area contributed by atoms with Gasteiger partial charge in [0.15, 0.2) is 0 Å². The lowest BCUT2D eigenvalue weighted by Gasteiger charge is -2.27. The number of hydrogen-bond acceptors (Lipinski definition) is 5. The van der Waals surface area contributed by atoms with E-state index in [1.54, 1.807) is 36.6 Å². The molecule has 0 aliphatic rings. The molecule has 3 amide bonds. The topological polar surface area (TPSA) is 118 Å². The lowest BCUT2D eigenvalue weighted by Crippen LogP contribution is -2.50. The second-order valence-corrected chi connectivity index (χ2v) is 10.3. The standard InChI is InChI=1S/C30H46N4O4/c1-6-14-34(15-7-2)30(37)24-12-9-11-23(18-24)29(36)33-27(19-25-13-10-16-38-25)26(31)17-22(5)28(35)32-20-21(4)8-3/h9-13,16,18,21-22,26-27H,6-8,14-15,17,19-20,31H2,1-5H3,(H,32,35)(H,33,36)/t21-,22+,26-,27-/m0/s1. The number of nitrogens with zero attached hydrogens (tertiary/aromatic N) is 1. The molecule has 8 heteroatoms. The molecule has 4 N–H and O–H groups in total. The van der Waals surface area contributed by atoms with Gasteiger partial charge in [0.1, 0.15) is 5.76 Å². The summed E-state index contributed by atoms with van der Waals surface area (Å²) in [6.45, 7) is 12.1. The fourth-order valence-corrected chi connectivity index (χ4v) is 4.31. The van der Waals surface area contributed by atoms with Crippen molar-refractivity contribution in [1.82, 2.24) is 15.5 Å². The first kappa shape index (κ1) is 31.1. The minimum atomic E-state index is -0.484. The summed E-state index contributed by atoms with van der Waals surface area (Å²) in [6, 6.07) is 9.47. The quantitative estimate of drug-likeness (QED) is 0.300. The van der Waals surface area contributed by atoms with Gasteiger partial charge in [-0.3, -0.25) is 14.4 Å². The molecule has 0 unspecified atom stereocenters. The fourth-order valence-electron chi connectivity index (χ4n) is 4.31. The molecular weight excluding hydrogens is 480 g/mol. The van der Waals surface area contributed by atoms with Crippen molar-refractivity contribution in [1.29, 1.82) is 0 Å². The predicted octanol–water partition coefficient (Wildman–Crippen LogP) is 4.40. The van der Waals surface area contributed by atoms with E-state index in [1.165, 1.54) is 0 Å². The predicted molar refractivity (Wildman–Crippen MR) is 151 cm³/mol. The molecule has 0 aliphatic carbocycles. The van der Waals surface area contributed by atoms with Gasteiger partial charge < -0.3 is 25.7 Å². The number of rotatable bonds is 16. The van der Waals surface area contributed by atoms with Crippen LogP contribution in [0.2, 0.25) is 0 Å². The zero-order valence-corrected chi connectivity index (χ0v) is 23.7. The van der Waals surface area contributed by atoms with E-state index in [1.807, 2.05) is 31.7 Å². The molecule has 0 saturated carbocycles. The Hall–Kier alpha value is -3.13. The van der Waals surface area contributed by atoms with Crippen molar-refractivity contribution in [3.8, 4) is 0 Å². The average Bonchev–Trinajstić information content (AvgIpc) is 3.43. The Morgan fingerprint density at radius 1 is 1.00 bits per heavy atom. The second-order valence-electron chi connectivity index (χ2n) is 10.3. The van der Waals surface area contributed by atoms with Crippen molar-refractivity contribution in [2.75, 3.05) is 19.6 Å². The molecule has 4 atom stereocenters. The smallest absolute Gasteiger partial charge is 0.253 e. The van der Waals surface area contributed by atoms with Crippen LogP contribution in [0.3, 0.4) is 0 Å². The van der Waals surface area contributed by atoms with E-state index in [0.717, 1.165) is 19.3 Å². The number of amides is 3. The third kappa shape index (κ3) is 9.63. The van der Waals surface area contributed by atoms with Crippen molar-refractivity contribution in [2.45, 2.75) is 78.8 Å². The first-order chi connectivity index (χ1) is 18.2. The van der Waals surface area contributed by atoms with Gasteiger partial charge in [-0.05, 0) is 55.5 Å². The maximum atomic E-state index is 13.3. The van der Waals surface area contributed by atoms with Crippen LogP contribution in [0.1, 0.15) is 86.8 Å². The molecule has 1 aromatic carbocycles. The van der Waals surface area contributed by atoms with Gasteiger partial charge in [-0.25, -0.2) is 0 Å². The summed E-state index contributed by atoms with van der Waals surface area (Å²) in [4.78, 5) is 40.8. The molecule has 210 valence electrons. The van der Waals surface area contributed by atoms with Crippen LogP contribution in [0.15, 0.2) is 47.1 Å². The van der Waals surface area contributed by atoms with E-state index in [0.29, 0.717) is 55.3 Å². The SMILES string of the molecule is CCCN(CCC)C(=O)c1cccc(C(=O)N[C@@H](Cc2ccco2)[C@@H](N)C[C@@H](C)C(=O)NC[C@@H](C)CC)c1. The summed E-state index contributed by atoms with van der Waals surface area (Å²) in [5.74, 6) is 0.346. The van der Waals surface area contributed by atoms with Crippen LogP contribution in [-0.2, 0) is 11.2 Å². The summed E-state index contributed by atoms with van der Waals surface area (Å²) < 4.78 is 5.52. The highest BCUT2D eigenvalue weighted by molar-refractivity contribution is 5.99. The molecular formula is C30H46N4O4. The van der Waals surface area contributed by atoms with Gasteiger partial charge in [0, 0.05) is 49.1 Å². The number of benzene rings is 1. The van der Waals surface area contributed by atoms with Gasteiger partial charge in [-0.2, -0.15) is 0 Å². The zero-order valence-electron chi connectivity index (χ0n) is 23.7. The van der Waals surface area contributed by atoms with Crippen molar-refractivity contribution < 1.29 is 18.8 Å². The number of nitrogens with one attached hydrogen (secondary N) is 2. The summed E-state index contributed by atoms with van der Waals surface area (Å²) in [5.41, 5.74) is 7.44. The summed E-state index contributed by atoms with van der Waals surface area (Å²) in [5, 5.41) is 6.04. The van der Waals surface area contributed by atoms with Crippen molar-refractivity contribution in [3.63, 3.8) is 0 Å². The van der Waals surface area contributed by atoms with Gasteiger partial charge in [0.05, 0.1) is 12.3 Å². The molecule has 2 aromatic rings. The van der Waals surface area contributed by atoms with Gasteiger partial charge in [0.2, 0.25) is 5.91 Å². The highest BCUT2D eigenvalue weighted by Gasteiger charge is 2.27.